The smallest absolute Gasteiger partial charge is 0.246 e. The minimum Gasteiger partial charge on any atom is -0.497 e. The van der Waals surface area contributed by atoms with E-state index in [0.717, 1.165) is 61.3 Å². The Labute approximate surface area is 212 Å². The second-order valence-electron chi connectivity index (χ2n) is 9.47. The van der Waals surface area contributed by atoms with Crippen molar-refractivity contribution in [2.45, 2.75) is 52.0 Å². The van der Waals surface area contributed by atoms with Gasteiger partial charge in [0.05, 0.1) is 19.3 Å². The first-order valence-electron chi connectivity index (χ1n) is 12.6. The number of hydrogen-bond donors (Lipinski definition) is 0. The monoisotopic (exact) mass is 498 g/mol. The zero-order valence-corrected chi connectivity index (χ0v) is 21.5. The molecule has 2 amide bonds. The van der Waals surface area contributed by atoms with Gasteiger partial charge in [-0.25, -0.2) is 4.68 Å². The van der Waals surface area contributed by atoms with Gasteiger partial charge in [-0.1, -0.05) is 36.6 Å². The van der Waals surface area contributed by atoms with Crippen LogP contribution < -0.4 is 4.74 Å². The molecular formula is C27H35ClN4O3. The van der Waals surface area contributed by atoms with Gasteiger partial charge in [-0.2, -0.15) is 5.10 Å². The number of carbonyl (C=O) groups is 2. The molecule has 0 radical (unpaired) electrons. The number of piperidine rings is 1. The van der Waals surface area contributed by atoms with E-state index >= 15 is 0 Å². The number of halogens is 1. The van der Waals surface area contributed by atoms with Crippen molar-refractivity contribution >= 4 is 29.5 Å². The number of carbonyl (C=O) groups excluding carboxylic acids is 2. The highest BCUT2D eigenvalue weighted by Gasteiger charge is 2.30. The van der Waals surface area contributed by atoms with Crippen molar-refractivity contribution in [1.82, 2.24) is 19.6 Å². The maximum absolute atomic E-state index is 12.9. The standard InChI is InChI=1S/C27H35ClN4O3/c1-20-24(26(28)32(29-20)19-21-8-7-9-23(18-21)35-2)10-11-25(33)30-16-12-22(13-17-30)27(34)31-14-5-3-4-6-15-31/h7-11,18,22H,3-6,12-17,19H2,1-2H3/b11-10+. The predicted octanol–water partition coefficient (Wildman–Crippen LogP) is 4.56. The van der Waals surface area contributed by atoms with E-state index in [2.05, 4.69) is 5.10 Å². The summed E-state index contributed by atoms with van der Waals surface area (Å²) < 4.78 is 7.02. The van der Waals surface area contributed by atoms with Crippen molar-refractivity contribution in [2.75, 3.05) is 33.3 Å². The lowest BCUT2D eigenvalue weighted by Crippen LogP contribution is -2.44. The molecule has 0 spiro atoms. The van der Waals surface area contributed by atoms with Gasteiger partial charge in [-0.3, -0.25) is 9.59 Å². The van der Waals surface area contributed by atoms with Crippen LogP contribution in [-0.2, 0) is 16.1 Å². The third-order valence-electron chi connectivity index (χ3n) is 7.04. The van der Waals surface area contributed by atoms with Gasteiger partial charge in [0.25, 0.3) is 0 Å². The molecule has 2 saturated heterocycles. The Kier molecular flexibility index (Phi) is 8.50. The molecule has 4 rings (SSSR count). The molecule has 0 saturated carbocycles. The van der Waals surface area contributed by atoms with Gasteiger partial charge in [0.15, 0.2) is 0 Å². The van der Waals surface area contributed by atoms with Crippen molar-refractivity contribution in [2.24, 2.45) is 5.92 Å². The van der Waals surface area contributed by atoms with E-state index in [-0.39, 0.29) is 17.7 Å². The van der Waals surface area contributed by atoms with E-state index in [1.54, 1.807) is 23.9 Å². The highest BCUT2D eigenvalue weighted by atomic mass is 35.5. The molecule has 3 heterocycles. The molecule has 8 heteroatoms. The Balaban J connectivity index is 1.34. The van der Waals surface area contributed by atoms with Crippen LogP contribution in [0.5, 0.6) is 5.75 Å². The normalized spacial score (nSPS) is 17.6. The summed E-state index contributed by atoms with van der Waals surface area (Å²) in [7, 11) is 1.64. The first-order valence-corrected chi connectivity index (χ1v) is 13.0. The largest absolute Gasteiger partial charge is 0.497 e. The van der Waals surface area contributed by atoms with E-state index in [9.17, 15) is 9.59 Å². The number of amides is 2. The topological polar surface area (TPSA) is 67.7 Å². The van der Waals surface area contributed by atoms with Crippen LogP contribution in [0.4, 0.5) is 0 Å². The first-order chi connectivity index (χ1) is 17.0. The number of methoxy groups -OCH3 is 1. The summed E-state index contributed by atoms with van der Waals surface area (Å²) >= 11 is 6.61. The van der Waals surface area contributed by atoms with Gasteiger partial charge in [-0.15, -0.1) is 0 Å². The van der Waals surface area contributed by atoms with E-state index in [0.29, 0.717) is 24.8 Å². The molecule has 0 unspecified atom stereocenters. The van der Waals surface area contributed by atoms with Gasteiger partial charge >= 0.3 is 0 Å². The SMILES string of the molecule is COc1cccc(Cn2nc(C)c(/C=C/C(=O)N3CCC(C(=O)N4CCCCCC4)CC3)c2Cl)c1. The Hall–Kier alpha value is -2.80. The van der Waals surface area contributed by atoms with Crippen LogP contribution in [0.25, 0.3) is 6.08 Å². The average molecular weight is 499 g/mol. The highest BCUT2D eigenvalue weighted by Crippen LogP contribution is 2.25. The Morgan fingerprint density at radius 1 is 1.09 bits per heavy atom. The fraction of sp³-hybridized carbons (Fsp3) is 0.519. The summed E-state index contributed by atoms with van der Waals surface area (Å²) in [6.07, 6.45) is 9.42. The fourth-order valence-electron chi connectivity index (χ4n) is 4.96. The van der Waals surface area contributed by atoms with Gasteiger partial charge < -0.3 is 14.5 Å². The van der Waals surface area contributed by atoms with Crippen LogP contribution in [0, 0.1) is 12.8 Å². The van der Waals surface area contributed by atoms with Crippen LogP contribution in [0.3, 0.4) is 0 Å². The van der Waals surface area contributed by atoms with E-state index in [1.807, 2.05) is 41.0 Å². The molecule has 0 bridgehead atoms. The second kappa shape index (κ2) is 11.8. The van der Waals surface area contributed by atoms with E-state index in [4.69, 9.17) is 16.3 Å². The molecule has 2 aliphatic heterocycles. The van der Waals surface area contributed by atoms with Gasteiger partial charge in [-0.05, 0) is 56.4 Å². The molecule has 0 atom stereocenters. The third-order valence-corrected chi connectivity index (χ3v) is 7.44. The lowest BCUT2D eigenvalue weighted by atomic mass is 9.95. The maximum Gasteiger partial charge on any atom is 0.246 e. The zero-order valence-electron chi connectivity index (χ0n) is 20.7. The molecule has 7 nitrogen and oxygen atoms in total. The average Bonchev–Trinajstić information content (AvgIpc) is 3.05. The number of nitrogens with zero attached hydrogens (tertiary/aromatic N) is 4. The quantitative estimate of drug-likeness (QED) is 0.548. The third kappa shape index (κ3) is 6.26. The Morgan fingerprint density at radius 3 is 2.49 bits per heavy atom. The summed E-state index contributed by atoms with van der Waals surface area (Å²) in [5.41, 5.74) is 2.54. The lowest BCUT2D eigenvalue weighted by Gasteiger charge is -2.33. The minimum atomic E-state index is -0.0540. The molecule has 0 N–H and O–H groups in total. The highest BCUT2D eigenvalue weighted by molar-refractivity contribution is 6.31. The first kappa shape index (κ1) is 25.3. The van der Waals surface area contributed by atoms with Crippen molar-refractivity contribution in [3.8, 4) is 5.75 Å². The lowest BCUT2D eigenvalue weighted by molar-refractivity contribution is -0.139. The van der Waals surface area contributed by atoms with Crippen LogP contribution in [0.2, 0.25) is 5.15 Å². The summed E-state index contributed by atoms with van der Waals surface area (Å²) in [5.74, 6) is 1.04. The van der Waals surface area contributed by atoms with Crippen LogP contribution >= 0.6 is 11.6 Å². The molecule has 1 aromatic heterocycles. The summed E-state index contributed by atoms with van der Waals surface area (Å²) in [5, 5.41) is 5.05. The minimum absolute atomic E-state index is 0.0349. The van der Waals surface area contributed by atoms with Gasteiger partial charge in [0.1, 0.15) is 10.9 Å². The van der Waals surface area contributed by atoms with E-state index < -0.39 is 0 Å². The molecule has 0 aliphatic carbocycles. The van der Waals surface area contributed by atoms with Crippen LogP contribution in [0.15, 0.2) is 30.3 Å². The van der Waals surface area contributed by atoms with Crippen LogP contribution in [-0.4, -0.2) is 64.7 Å². The van der Waals surface area contributed by atoms with E-state index in [1.165, 1.54) is 12.8 Å². The number of hydrogen-bond acceptors (Lipinski definition) is 4. The van der Waals surface area contributed by atoms with Crippen molar-refractivity contribution in [3.05, 3.63) is 52.3 Å². The molecule has 35 heavy (non-hydrogen) atoms. The predicted molar refractivity (Wildman–Crippen MR) is 137 cm³/mol. The summed E-state index contributed by atoms with van der Waals surface area (Å²) in [6, 6.07) is 7.78. The maximum atomic E-state index is 12.9. The second-order valence-corrected chi connectivity index (χ2v) is 9.83. The molecule has 2 fully saturated rings. The Bertz CT molecular complexity index is 1060. The Morgan fingerprint density at radius 2 is 1.80 bits per heavy atom. The number of likely N-dealkylation sites (tertiary alicyclic amines) is 2. The number of aryl methyl sites for hydroxylation is 1. The number of benzene rings is 1. The zero-order chi connectivity index (χ0) is 24.8. The molecule has 1 aromatic carbocycles. The molecule has 188 valence electrons. The van der Waals surface area contributed by atoms with Crippen molar-refractivity contribution < 1.29 is 14.3 Å². The molecular weight excluding hydrogens is 464 g/mol. The number of aromatic nitrogens is 2. The fourth-order valence-corrected chi connectivity index (χ4v) is 5.26. The summed E-state index contributed by atoms with van der Waals surface area (Å²) in [6.45, 7) is 5.37. The summed E-state index contributed by atoms with van der Waals surface area (Å²) in [4.78, 5) is 29.6. The van der Waals surface area contributed by atoms with Crippen LogP contribution in [0.1, 0.15) is 55.3 Å². The van der Waals surface area contributed by atoms with Crippen molar-refractivity contribution in [3.63, 3.8) is 0 Å². The number of ether oxygens (including phenoxy) is 1. The van der Waals surface area contributed by atoms with Gasteiger partial charge in [0.2, 0.25) is 11.8 Å². The van der Waals surface area contributed by atoms with Gasteiger partial charge in [0, 0.05) is 43.7 Å². The molecule has 2 aromatic rings. The number of rotatable bonds is 6. The van der Waals surface area contributed by atoms with Crippen molar-refractivity contribution in [1.29, 1.82) is 0 Å². The molecule has 2 aliphatic rings.